The van der Waals surface area contributed by atoms with Gasteiger partial charge >= 0.3 is 11.9 Å². The van der Waals surface area contributed by atoms with Crippen molar-refractivity contribution in [1.82, 2.24) is 0 Å². The van der Waals surface area contributed by atoms with Crippen LogP contribution in [0.15, 0.2) is 54.6 Å². The average Bonchev–Trinajstić information content (AvgIpc) is 2.61. The van der Waals surface area contributed by atoms with Crippen LogP contribution in [-0.2, 0) is 31.9 Å². The number of hydrogen-bond acceptors (Lipinski definition) is 4. The molecule has 126 valence electrons. The number of ether oxygens (including phenoxy) is 2. The van der Waals surface area contributed by atoms with Gasteiger partial charge in [-0.3, -0.25) is 9.59 Å². The molecule has 0 aliphatic heterocycles. The minimum absolute atomic E-state index is 0.159. The lowest BCUT2D eigenvalue weighted by atomic mass is 9.98. The molecule has 4 nitrogen and oxygen atoms in total. The largest absolute Gasteiger partial charge is 0.428 e. The lowest BCUT2D eigenvalue weighted by Gasteiger charge is -2.13. The van der Waals surface area contributed by atoms with E-state index < -0.39 is 17.9 Å². The summed E-state index contributed by atoms with van der Waals surface area (Å²) in [6, 6.07) is 17.1. The molecule has 1 atom stereocenters. The van der Waals surface area contributed by atoms with Gasteiger partial charge in [0, 0.05) is 0 Å². The Bertz CT molecular complexity index is 679. The molecule has 0 aliphatic carbocycles. The maximum Gasteiger partial charge on any atom is 0.316 e. The van der Waals surface area contributed by atoms with E-state index in [1.165, 1.54) is 5.56 Å². The average molecular weight is 326 g/mol. The van der Waals surface area contributed by atoms with E-state index in [2.05, 4.69) is 6.92 Å². The van der Waals surface area contributed by atoms with Crippen LogP contribution < -0.4 is 0 Å². The fourth-order valence-corrected chi connectivity index (χ4v) is 2.31. The van der Waals surface area contributed by atoms with Crippen molar-refractivity contribution < 1.29 is 19.1 Å². The molecule has 0 amide bonds. The van der Waals surface area contributed by atoms with Crippen molar-refractivity contribution >= 4 is 11.9 Å². The molecular formula is C20H22O4. The predicted octanol–water partition coefficient (Wildman–Crippen LogP) is 3.64. The number of hydrogen-bond donors (Lipinski definition) is 0. The van der Waals surface area contributed by atoms with Crippen molar-refractivity contribution in [3.63, 3.8) is 0 Å². The summed E-state index contributed by atoms with van der Waals surface area (Å²) >= 11 is 0. The molecule has 0 aromatic heterocycles. The summed E-state index contributed by atoms with van der Waals surface area (Å²) in [4.78, 5) is 23.8. The van der Waals surface area contributed by atoms with E-state index in [0.717, 1.165) is 17.5 Å². The first-order valence-electron chi connectivity index (χ1n) is 8.05. The van der Waals surface area contributed by atoms with Crippen LogP contribution in [0.1, 0.15) is 36.5 Å². The van der Waals surface area contributed by atoms with Gasteiger partial charge in [-0.05, 0) is 30.0 Å². The molecule has 0 saturated carbocycles. The maximum atomic E-state index is 12.1. The number of carbonyl (C=O) groups is 2. The molecule has 2 aromatic carbocycles. The third-order valence-corrected chi connectivity index (χ3v) is 3.83. The number of benzene rings is 2. The van der Waals surface area contributed by atoms with Crippen molar-refractivity contribution in [3.05, 3.63) is 71.3 Å². The molecule has 2 aromatic rings. The van der Waals surface area contributed by atoms with Crippen molar-refractivity contribution in [2.24, 2.45) is 0 Å². The normalized spacial score (nSPS) is 11.6. The van der Waals surface area contributed by atoms with Crippen LogP contribution in [0.4, 0.5) is 0 Å². The zero-order valence-electron chi connectivity index (χ0n) is 14.0. The molecule has 0 aliphatic rings. The second kappa shape index (κ2) is 8.87. The van der Waals surface area contributed by atoms with Crippen LogP contribution in [0.2, 0.25) is 0 Å². The first-order valence-corrected chi connectivity index (χ1v) is 8.05. The molecule has 0 spiro atoms. The van der Waals surface area contributed by atoms with Crippen LogP contribution in [0.3, 0.4) is 0 Å². The van der Waals surface area contributed by atoms with Gasteiger partial charge in [-0.2, -0.15) is 0 Å². The first kappa shape index (κ1) is 17.7. The maximum absolute atomic E-state index is 12.1. The van der Waals surface area contributed by atoms with E-state index in [1.807, 2.05) is 54.6 Å². The molecule has 24 heavy (non-hydrogen) atoms. The monoisotopic (exact) mass is 326 g/mol. The Kier molecular flexibility index (Phi) is 6.55. The van der Waals surface area contributed by atoms with Gasteiger partial charge < -0.3 is 9.47 Å². The summed E-state index contributed by atoms with van der Waals surface area (Å²) in [5.41, 5.74) is 2.93. The molecular weight excluding hydrogens is 304 g/mol. The lowest BCUT2D eigenvalue weighted by molar-refractivity contribution is -0.167. The van der Waals surface area contributed by atoms with Gasteiger partial charge in [-0.15, -0.1) is 0 Å². The summed E-state index contributed by atoms with van der Waals surface area (Å²) in [5.74, 6) is -1.23. The second-order valence-corrected chi connectivity index (χ2v) is 5.58. The van der Waals surface area contributed by atoms with Crippen LogP contribution in [0.25, 0.3) is 0 Å². The number of rotatable bonds is 7. The van der Waals surface area contributed by atoms with Crippen LogP contribution in [0.5, 0.6) is 0 Å². The van der Waals surface area contributed by atoms with E-state index in [9.17, 15) is 9.59 Å². The van der Waals surface area contributed by atoms with Crippen molar-refractivity contribution in [2.75, 3.05) is 6.79 Å². The number of carbonyl (C=O) groups excluding carboxylic acids is 2. The van der Waals surface area contributed by atoms with E-state index >= 15 is 0 Å². The zero-order valence-corrected chi connectivity index (χ0v) is 14.0. The molecule has 0 saturated heterocycles. The summed E-state index contributed by atoms with van der Waals surface area (Å²) in [7, 11) is 0. The molecule has 0 bridgehead atoms. The molecule has 0 fully saturated rings. The molecule has 0 radical (unpaired) electrons. The standard InChI is InChI=1S/C20H22O4/c1-3-16-10-7-11-18(12-16)15(2)20(22)24-14-23-19(21)13-17-8-5-4-6-9-17/h4-12,15H,3,13-14H2,1-2H3. The highest BCUT2D eigenvalue weighted by Crippen LogP contribution is 2.18. The third kappa shape index (κ3) is 5.23. The highest BCUT2D eigenvalue weighted by Gasteiger charge is 2.17. The van der Waals surface area contributed by atoms with E-state index in [0.29, 0.717) is 0 Å². The minimum atomic E-state index is -0.422. The quantitative estimate of drug-likeness (QED) is 0.576. The lowest BCUT2D eigenvalue weighted by Crippen LogP contribution is -2.18. The molecule has 2 rings (SSSR count). The van der Waals surface area contributed by atoms with Gasteiger partial charge in [0.1, 0.15) is 0 Å². The SMILES string of the molecule is CCc1cccc(C(C)C(=O)OCOC(=O)Cc2ccccc2)c1. The van der Waals surface area contributed by atoms with Gasteiger partial charge in [-0.25, -0.2) is 0 Å². The summed E-state index contributed by atoms with van der Waals surface area (Å²) < 4.78 is 10.0. The van der Waals surface area contributed by atoms with Crippen molar-refractivity contribution in [1.29, 1.82) is 0 Å². The van der Waals surface area contributed by atoms with E-state index in [1.54, 1.807) is 6.92 Å². The molecule has 1 unspecified atom stereocenters. The second-order valence-electron chi connectivity index (χ2n) is 5.58. The van der Waals surface area contributed by atoms with Crippen LogP contribution in [-0.4, -0.2) is 18.7 Å². The Morgan fingerprint density at radius 3 is 2.38 bits per heavy atom. The smallest absolute Gasteiger partial charge is 0.316 e. The van der Waals surface area contributed by atoms with Gasteiger partial charge in [0.25, 0.3) is 0 Å². The molecule has 4 heteroatoms. The number of aryl methyl sites for hydroxylation is 1. The fraction of sp³-hybridized carbons (Fsp3) is 0.300. The van der Waals surface area contributed by atoms with Crippen molar-refractivity contribution in [3.8, 4) is 0 Å². The number of esters is 2. The van der Waals surface area contributed by atoms with E-state index in [4.69, 9.17) is 9.47 Å². The molecule has 0 heterocycles. The first-order chi connectivity index (χ1) is 11.6. The minimum Gasteiger partial charge on any atom is -0.428 e. The Morgan fingerprint density at radius 1 is 0.958 bits per heavy atom. The Balaban J connectivity index is 1.79. The van der Waals surface area contributed by atoms with Crippen LogP contribution in [0, 0.1) is 0 Å². The topological polar surface area (TPSA) is 52.6 Å². The van der Waals surface area contributed by atoms with Gasteiger partial charge in [0.15, 0.2) is 0 Å². The van der Waals surface area contributed by atoms with Gasteiger partial charge in [0.05, 0.1) is 12.3 Å². The third-order valence-electron chi connectivity index (χ3n) is 3.83. The van der Waals surface area contributed by atoms with E-state index in [-0.39, 0.29) is 13.2 Å². The van der Waals surface area contributed by atoms with Crippen LogP contribution >= 0.6 is 0 Å². The summed E-state index contributed by atoms with van der Waals surface area (Å²) in [6.45, 7) is 3.49. The Morgan fingerprint density at radius 2 is 1.67 bits per heavy atom. The zero-order chi connectivity index (χ0) is 17.4. The van der Waals surface area contributed by atoms with Gasteiger partial charge in [-0.1, -0.05) is 61.5 Å². The summed E-state index contributed by atoms with van der Waals surface area (Å²) in [6.07, 6.45) is 1.07. The Labute approximate surface area is 142 Å². The van der Waals surface area contributed by atoms with Gasteiger partial charge in [0.2, 0.25) is 6.79 Å². The highest BCUT2D eigenvalue weighted by atomic mass is 16.7. The van der Waals surface area contributed by atoms with Crippen molar-refractivity contribution in [2.45, 2.75) is 32.6 Å². The fourth-order valence-electron chi connectivity index (χ4n) is 2.31. The molecule has 0 N–H and O–H groups in total. The Hall–Kier alpha value is -2.62. The highest BCUT2D eigenvalue weighted by molar-refractivity contribution is 5.78. The predicted molar refractivity (Wildman–Crippen MR) is 91.4 cm³/mol. The summed E-state index contributed by atoms with van der Waals surface area (Å²) in [5, 5.41) is 0.